The first-order valence-corrected chi connectivity index (χ1v) is 8.54. The van der Waals surface area contributed by atoms with Crippen LogP contribution in [0.3, 0.4) is 0 Å². The Morgan fingerprint density at radius 1 is 1.00 bits per heavy atom. The van der Waals surface area contributed by atoms with E-state index in [0.717, 1.165) is 34.5 Å². The SMILES string of the molecule is Cc1cc(C)c(NC(=O)CNC(=O)NC(C)c2ccc(F)c(F)c2)c(C)c1. The van der Waals surface area contributed by atoms with Crippen LogP contribution in [0.1, 0.15) is 35.2 Å². The van der Waals surface area contributed by atoms with Gasteiger partial charge in [0.1, 0.15) is 0 Å². The van der Waals surface area contributed by atoms with E-state index in [1.54, 1.807) is 6.92 Å². The Bertz CT molecular complexity index is 845. The minimum atomic E-state index is -0.982. The van der Waals surface area contributed by atoms with E-state index in [0.29, 0.717) is 5.56 Å². The highest BCUT2D eigenvalue weighted by Gasteiger charge is 2.13. The van der Waals surface area contributed by atoms with Crippen molar-refractivity contribution in [3.63, 3.8) is 0 Å². The fraction of sp³-hybridized carbons (Fsp3) is 0.300. The second kappa shape index (κ2) is 8.62. The minimum Gasteiger partial charge on any atom is -0.332 e. The maximum atomic E-state index is 13.3. The molecule has 2 aromatic rings. The number of urea groups is 1. The van der Waals surface area contributed by atoms with Gasteiger partial charge >= 0.3 is 6.03 Å². The predicted molar refractivity (Wildman–Crippen MR) is 101 cm³/mol. The van der Waals surface area contributed by atoms with Crippen molar-refractivity contribution in [2.24, 2.45) is 0 Å². The van der Waals surface area contributed by atoms with Gasteiger partial charge in [0.05, 0.1) is 12.6 Å². The van der Waals surface area contributed by atoms with Crippen LogP contribution in [0.5, 0.6) is 0 Å². The molecule has 0 saturated heterocycles. The Morgan fingerprint density at radius 3 is 2.22 bits per heavy atom. The summed E-state index contributed by atoms with van der Waals surface area (Å²) in [7, 11) is 0. The maximum absolute atomic E-state index is 13.3. The molecule has 0 aromatic heterocycles. The van der Waals surface area contributed by atoms with Crippen LogP contribution in [-0.4, -0.2) is 18.5 Å². The van der Waals surface area contributed by atoms with Gasteiger partial charge in [-0.1, -0.05) is 23.8 Å². The normalized spacial score (nSPS) is 11.6. The Labute approximate surface area is 157 Å². The van der Waals surface area contributed by atoms with E-state index in [9.17, 15) is 18.4 Å². The average Bonchev–Trinajstić information content (AvgIpc) is 2.58. The van der Waals surface area contributed by atoms with Gasteiger partial charge in [0.15, 0.2) is 11.6 Å². The summed E-state index contributed by atoms with van der Waals surface area (Å²) >= 11 is 0. The molecule has 5 nitrogen and oxygen atoms in total. The van der Waals surface area contributed by atoms with E-state index in [-0.39, 0.29) is 12.5 Å². The first-order chi connectivity index (χ1) is 12.7. The second-order valence-electron chi connectivity index (χ2n) is 6.54. The molecule has 2 aromatic carbocycles. The molecule has 27 heavy (non-hydrogen) atoms. The molecule has 1 unspecified atom stereocenters. The number of carbonyl (C=O) groups excluding carboxylic acids is 2. The van der Waals surface area contributed by atoms with Crippen LogP contribution in [0.4, 0.5) is 19.3 Å². The van der Waals surface area contributed by atoms with Gasteiger partial charge in [0.2, 0.25) is 5.91 Å². The molecule has 0 saturated carbocycles. The number of carbonyl (C=O) groups is 2. The zero-order valence-corrected chi connectivity index (χ0v) is 15.7. The van der Waals surface area contributed by atoms with Crippen molar-refractivity contribution in [2.45, 2.75) is 33.7 Å². The average molecular weight is 375 g/mol. The number of amides is 3. The monoisotopic (exact) mass is 375 g/mol. The molecule has 3 N–H and O–H groups in total. The summed E-state index contributed by atoms with van der Waals surface area (Å²) in [5.41, 5.74) is 4.13. The zero-order chi connectivity index (χ0) is 20.1. The highest BCUT2D eigenvalue weighted by Crippen LogP contribution is 2.21. The number of halogens is 2. The van der Waals surface area contributed by atoms with Crippen molar-refractivity contribution in [1.29, 1.82) is 0 Å². The number of hydrogen-bond donors (Lipinski definition) is 3. The fourth-order valence-electron chi connectivity index (χ4n) is 2.83. The summed E-state index contributed by atoms with van der Waals surface area (Å²) in [6, 6.07) is 6.21. The lowest BCUT2D eigenvalue weighted by Crippen LogP contribution is -2.41. The minimum absolute atomic E-state index is 0.219. The van der Waals surface area contributed by atoms with E-state index >= 15 is 0 Å². The summed E-state index contributed by atoms with van der Waals surface area (Å²) in [5.74, 6) is -2.29. The quantitative estimate of drug-likeness (QED) is 0.742. The zero-order valence-electron chi connectivity index (χ0n) is 15.7. The lowest BCUT2D eigenvalue weighted by atomic mass is 10.1. The molecule has 144 valence electrons. The van der Waals surface area contributed by atoms with Gasteiger partial charge in [-0.05, 0) is 56.5 Å². The van der Waals surface area contributed by atoms with Crippen molar-refractivity contribution in [3.05, 3.63) is 64.2 Å². The molecule has 3 amide bonds. The largest absolute Gasteiger partial charge is 0.332 e. The van der Waals surface area contributed by atoms with Crippen LogP contribution < -0.4 is 16.0 Å². The molecule has 7 heteroatoms. The molecule has 0 bridgehead atoms. The first kappa shape index (κ1) is 20.4. The van der Waals surface area contributed by atoms with E-state index in [1.807, 2.05) is 32.9 Å². The van der Waals surface area contributed by atoms with E-state index in [4.69, 9.17) is 0 Å². The lowest BCUT2D eigenvalue weighted by Gasteiger charge is -2.16. The third-order valence-electron chi connectivity index (χ3n) is 4.14. The molecular weight excluding hydrogens is 352 g/mol. The highest BCUT2D eigenvalue weighted by atomic mass is 19.2. The topological polar surface area (TPSA) is 70.2 Å². The van der Waals surface area contributed by atoms with Crippen molar-refractivity contribution >= 4 is 17.6 Å². The Morgan fingerprint density at radius 2 is 1.63 bits per heavy atom. The van der Waals surface area contributed by atoms with Crippen molar-refractivity contribution in [2.75, 3.05) is 11.9 Å². The van der Waals surface area contributed by atoms with Gasteiger partial charge in [-0.3, -0.25) is 4.79 Å². The van der Waals surface area contributed by atoms with Crippen LogP contribution in [0, 0.1) is 32.4 Å². The van der Waals surface area contributed by atoms with Gasteiger partial charge in [0.25, 0.3) is 0 Å². The van der Waals surface area contributed by atoms with Gasteiger partial charge in [-0.25, -0.2) is 13.6 Å². The first-order valence-electron chi connectivity index (χ1n) is 8.54. The van der Waals surface area contributed by atoms with Crippen molar-refractivity contribution < 1.29 is 18.4 Å². The van der Waals surface area contributed by atoms with Crippen LogP contribution in [0.2, 0.25) is 0 Å². The maximum Gasteiger partial charge on any atom is 0.315 e. The number of rotatable bonds is 5. The number of nitrogens with one attached hydrogen (secondary N) is 3. The third-order valence-corrected chi connectivity index (χ3v) is 4.14. The van der Waals surface area contributed by atoms with Crippen LogP contribution in [0.15, 0.2) is 30.3 Å². The van der Waals surface area contributed by atoms with Gasteiger partial charge in [-0.2, -0.15) is 0 Å². The molecule has 0 heterocycles. The molecule has 0 radical (unpaired) electrons. The van der Waals surface area contributed by atoms with Gasteiger partial charge in [-0.15, -0.1) is 0 Å². The third kappa shape index (κ3) is 5.51. The summed E-state index contributed by atoms with van der Waals surface area (Å²) in [5, 5.41) is 7.81. The van der Waals surface area contributed by atoms with E-state index in [2.05, 4.69) is 16.0 Å². The van der Waals surface area contributed by atoms with Crippen molar-refractivity contribution in [1.82, 2.24) is 10.6 Å². The Kier molecular flexibility index (Phi) is 6.50. The Hall–Kier alpha value is -2.96. The fourth-order valence-corrected chi connectivity index (χ4v) is 2.83. The lowest BCUT2D eigenvalue weighted by molar-refractivity contribution is -0.115. The number of hydrogen-bond acceptors (Lipinski definition) is 2. The molecule has 0 spiro atoms. The Balaban J connectivity index is 1.88. The van der Waals surface area contributed by atoms with Gasteiger partial charge < -0.3 is 16.0 Å². The second-order valence-corrected chi connectivity index (χ2v) is 6.54. The number of aryl methyl sites for hydroxylation is 3. The molecule has 0 aliphatic rings. The van der Waals surface area contributed by atoms with Crippen molar-refractivity contribution in [3.8, 4) is 0 Å². The molecule has 1 atom stereocenters. The molecule has 0 aliphatic heterocycles. The molecule has 2 rings (SSSR count). The van der Waals surface area contributed by atoms with E-state index < -0.39 is 23.7 Å². The van der Waals surface area contributed by atoms with Crippen LogP contribution in [0.25, 0.3) is 0 Å². The molecule has 0 fully saturated rings. The van der Waals surface area contributed by atoms with Crippen LogP contribution in [-0.2, 0) is 4.79 Å². The summed E-state index contributed by atoms with van der Waals surface area (Å²) in [6.45, 7) is 7.19. The summed E-state index contributed by atoms with van der Waals surface area (Å²) in [6.07, 6.45) is 0. The van der Waals surface area contributed by atoms with E-state index in [1.165, 1.54) is 6.07 Å². The molecular formula is C20H23F2N3O2. The number of anilines is 1. The predicted octanol–water partition coefficient (Wildman–Crippen LogP) is 3.89. The smallest absolute Gasteiger partial charge is 0.315 e. The summed E-state index contributed by atoms with van der Waals surface area (Å²) in [4.78, 5) is 24.0. The summed E-state index contributed by atoms with van der Waals surface area (Å²) < 4.78 is 26.2. The van der Waals surface area contributed by atoms with Crippen LogP contribution >= 0.6 is 0 Å². The van der Waals surface area contributed by atoms with Gasteiger partial charge in [0, 0.05) is 5.69 Å². The highest BCUT2D eigenvalue weighted by molar-refractivity contribution is 5.95. The molecule has 0 aliphatic carbocycles. The number of benzene rings is 2. The standard InChI is InChI=1S/C20H23F2N3O2/c1-11-7-12(2)19(13(3)8-11)25-18(26)10-23-20(27)24-14(4)15-5-6-16(21)17(22)9-15/h5-9,14H,10H2,1-4H3,(H,25,26)(H2,23,24,27).